The molecule has 2 heterocycles. The maximum absolute atomic E-state index is 12.7. The summed E-state index contributed by atoms with van der Waals surface area (Å²) in [7, 11) is 1.62. The van der Waals surface area contributed by atoms with E-state index in [-0.39, 0.29) is 5.91 Å². The number of anilines is 1. The number of hydrogen-bond donors (Lipinski definition) is 1. The van der Waals surface area contributed by atoms with Crippen molar-refractivity contribution < 1.29 is 19.0 Å². The number of fused-ring (bicyclic) bond motifs is 1. The number of ether oxygens (including phenoxy) is 3. The fourth-order valence-electron chi connectivity index (χ4n) is 3.90. The summed E-state index contributed by atoms with van der Waals surface area (Å²) in [5.41, 5.74) is 2.42. The molecule has 0 aliphatic carbocycles. The van der Waals surface area contributed by atoms with E-state index in [1.54, 1.807) is 48.3 Å². The Hall–Kier alpha value is -3.97. The molecule has 1 N–H and O–H groups in total. The number of rotatable bonds is 6. The van der Waals surface area contributed by atoms with Crippen molar-refractivity contribution in [2.24, 2.45) is 0 Å². The first-order valence-corrected chi connectivity index (χ1v) is 11.6. The summed E-state index contributed by atoms with van der Waals surface area (Å²) in [5, 5.41) is 7.75. The Labute approximate surface area is 208 Å². The van der Waals surface area contributed by atoms with Gasteiger partial charge >= 0.3 is 0 Å². The van der Waals surface area contributed by atoms with Gasteiger partial charge in [0.05, 0.1) is 24.4 Å². The molecule has 0 saturated carbocycles. The van der Waals surface area contributed by atoms with Crippen molar-refractivity contribution in [2.45, 2.75) is 19.3 Å². The van der Waals surface area contributed by atoms with Gasteiger partial charge in [-0.25, -0.2) is 4.68 Å². The fourth-order valence-corrected chi connectivity index (χ4v) is 4.11. The summed E-state index contributed by atoms with van der Waals surface area (Å²) < 4.78 is 18.6. The summed E-state index contributed by atoms with van der Waals surface area (Å²) in [4.78, 5) is 12.7. The molecule has 8 heteroatoms. The average molecular weight is 490 g/mol. The highest BCUT2D eigenvalue weighted by Gasteiger charge is 2.20. The van der Waals surface area contributed by atoms with Gasteiger partial charge in [-0.15, -0.1) is 0 Å². The molecule has 0 fully saturated rings. The van der Waals surface area contributed by atoms with Crippen molar-refractivity contribution in [3.8, 4) is 28.7 Å². The highest BCUT2D eigenvalue weighted by Crippen LogP contribution is 2.41. The highest BCUT2D eigenvalue weighted by atomic mass is 35.5. The summed E-state index contributed by atoms with van der Waals surface area (Å²) >= 11 is 6.45. The Morgan fingerprint density at radius 1 is 1.09 bits per heavy atom. The lowest BCUT2D eigenvalue weighted by Gasteiger charge is -2.24. The molecule has 4 aromatic rings. The first kappa shape index (κ1) is 22.8. The quantitative estimate of drug-likeness (QED) is 0.336. The van der Waals surface area contributed by atoms with Gasteiger partial charge in [0.25, 0.3) is 5.91 Å². The third-order valence-electron chi connectivity index (χ3n) is 5.92. The molecule has 178 valence electrons. The average Bonchev–Trinajstić information content (AvgIpc) is 3.34. The first-order valence-electron chi connectivity index (χ1n) is 11.3. The zero-order chi connectivity index (χ0) is 24.4. The van der Waals surface area contributed by atoms with E-state index in [0.717, 1.165) is 29.2 Å². The lowest BCUT2D eigenvalue weighted by atomic mass is 9.95. The zero-order valence-electron chi connectivity index (χ0n) is 19.3. The van der Waals surface area contributed by atoms with Crippen LogP contribution in [0.1, 0.15) is 35.2 Å². The molecule has 1 unspecified atom stereocenters. The third-order valence-corrected chi connectivity index (χ3v) is 6.21. The third kappa shape index (κ3) is 4.95. The van der Waals surface area contributed by atoms with Crippen molar-refractivity contribution in [3.05, 3.63) is 89.1 Å². The Bertz CT molecular complexity index is 1350. The van der Waals surface area contributed by atoms with Crippen LogP contribution in [-0.4, -0.2) is 29.4 Å². The number of carbonyl (C=O) groups is 1. The molecule has 1 aliphatic heterocycles. The molecular formula is C27H24ClN3O4. The van der Waals surface area contributed by atoms with Crippen LogP contribution in [0.5, 0.6) is 23.0 Å². The van der Waals surface area contributed by atoms with Crippen LogP contribution in [0.3, 0.4) is 0 Å². The molecular weight excluding hydrogens is 466 g/mol. The SMILES string of the molecule is COc1ccc(-n2ccc(NC(=O)c3ccc(Oc4cc5c(cc4Cl)C(C)CCO5)cc3)n2)cc1. The van der Waals surface area contributed by atoms with Gasteiger partial charge in [0.2, 0.25) is 0 Å². The molecule has 0 radical (unpaired) electrons. The number of methoxy groups -OCH3 is 1. The van der Waals surface area contributed by atoms with Crippen molar-refractivity contribution in [1.82, 2.24) is 9.78 Å². The lowest BCUT2D eigenvalue weighted by molar-refractivity contribution is 0.102. The molecule has 1 amide bonds. The topological polar surface area (TPSA) is 74.6 Å². The minimum atomic E-state index is -0.272. The second-order valence-electron chi connectivity index (χ2n) is 8.28. The normalized spacial score (nSPS) is 14.5. The highest BCUT2D eigenvalue weighted by molar-refractivity contribution is 6.32. The number of nitrogens with zero attached hydrogens (tertiary/aromatic N) is 2. The van der Waals surface area contributed by atoms with Gasteiger partial charge in [-0.2, -0.15) is 5.10 Å². The molecule has 1 aromatic heterocycles. The van der Waals surface area contributed by atoms with E-state index in [4.69, 9.17) is 25.8 Å². The Kier molecular flexibility index (Phi) is 6.33. The van der Waals surface area contributed by atoms with E-state index in [1.165, 1.54) is 0 Å². The van der Waals surface area contributed by atoms with Crippen LogP contribution in [-0.2, 0) is 0 Å². The van der Waals surface area contributed by atoms with Gasteiger partial charge in [-0.05, 0) is 72.5 Å². The van der Waals surface area contributed by atoms with Gasteiger partial charge in [0, 0.05) is 23.9 Å². The predicted molar refractivity (Wildman–Crippen MR) is 135 cm³/mol. The van der Waals surface area contributed by atoms with E-state index in [9.17, 15) is 4.79 Å². The smallest absolute Gasteiger partial charge is 0.256 e. The fraction of sp³-hybridized carbons (Fsp3) is 0.185. The molecule has 5 rings (SSSR count). The van der Waals surface area contributed by atoms with E-state index in [1.807, 2.05) is 36.4 Å². The van der Waals surface area contributed by atoms with Crippen LogP contribution >= 0.6 is 11.6 Å². The van der Waals surface area contributed by atoms with Crippen molar-refractivity contribution >= 4 is 23.3 Å². The molecule has 0 saturated heterocycles. The van der Waals surface area contributed by atoms with Crippen LogP contribution in [0, 0.1) is 0 Å². The van der Waals surface area contributed by atoms with Gasteiger partial charge < -0.3 is 19.5 Å². The van der Waals surface area contributed by atoms with Crippen LogP contribution in [0.2, 0.25) is 5.02 Å². The number of carbonyl (C=O) groups excluding carboxylic acids is 1. The monoisotopic (exact) mass is 489 g/mol. The van der Waals surface area contributed by atoms with E-state index < -0.39 is 0 Å². The number of hydrogen-bond acceptors (Lipinski definition) is 5. The minimum Gasteiger partial charge on any atom is -0.497 e. The molecule has 35 heavy (non-hydrogen) atoms. The number of amides is 1. The molecule has 3 aromatic carbocycles. The van der Waals surface area contributed by atoms with E-state index in [2.05, 4.69) is 17.3 Å². The van der Waals surface area contributed by atoms with Crippen molar-refractivity contribution in [1.29, 1.82) is 0 Å². The second-order valence-corrected chi connectivity index (χ2v) is 8.69. The van der Waals surface area contributed by atoms with Crippen molar-refractivity contribution in [3.63, 3.8) is 0 Å². The molecule has 0 spiro atoms. The van der Waals surface area contributed by atoms with Crippen LogP contribution in [0.4, 0.5) is 5.82 Å². The summed E-state index contributed by atoms with van der Waals surface area (Å²) in [5.74, 6) is 3.21. The lowest BCUT2D eigenvalue weighted by Crippen LogP contribution is -2.12. The summed E-state index contributed by atoms with van der Waals surface area (Å²) in [6, 6.07) is 19.8. The number of aromatic nitrogens is 2. The van der Waals surface area contributed by atoms with Gasteiger partial charge in [0.15, 0.2) is 5.82 Å². The minimum absolute atomic E-state index is 0.272. The molecule has 1 aliphatic rings. The van der Waals surface area contributed by atoms with Crippen LogP contribution in [0.25, 0.3) is 5.69 Å². The molecule has 7 nitrogen and oxygen atoms in total. The standard InChI is InChI=1S/C27H24ClN3O4/c1-17-12-14-34-24-16-25(23(28)15-22(17)24)35-21-7-3-18(4-8-21)27(32)29-26-11-13-31(30-26)19-5-9-20(33-2)10-6-19/h3-11,13,15-17H,12,14H2,1-2H3,(H,29,30,32). The van der Waals surface area contributed by atoms with Gasteiger partial charge in [-0.3, -0.25) is 4.79 Å². The van der Waals surface area contributed by atoms with Gasteiger partial charge in [-0.1, -0.05) is 18.5 Å². The Balaban J connectivity index is 1.25. The summed E-state index contributed by atoms with van der Waals surface area (Å²) in [6.07, 6.45) is 2.75. The van der Waals surface area contributed by atoms with E-state index >= 15 is 0 Å². The summed E-state index contributed by atoms with van der Waals surface area (Å²) in [6.45, 7) is 2.84. The van der Waals surface area contributed by atoms with Gasteiger partial charge in [0.1, 0.15) is 23.0 Å². The largest absolute Gasteiger partial charge is 0.497 e. The second kappa shape index (κ2) is 9.72. The maximum Gasteiger partial charge on any atom is 0.256 e. The van der Waals surface area contributed by atoms with Crippen molar-refractivity contribution in [2.75, 3.05) is 19.0 Å². The number of nitrogens with one attached hydrogen (secondary N) is 1. The Morgan fingerprint density at radius 3 is 2.57 bits per heavy atom. The maximum atomic E-state index is 12.7. The zero-order valence-corrected chi connectivity index (χ0v) is 20.1. The van der Waals surface area contributed by atoms with Crippen LogP contribution < -0.4 is 19.5 Å². The first-order chi connectivity index (χ1) is 17.0. The number of benzene rings is 3. The predicted octanol–water partition coefficient (Wildman–Crippen LogP) is 6.46. The Morgan fingerprint density at radius 2 is 1.83 bits per heavy atom. The molecule has 1 atom stereocenters. The molecule has 0 bridgehead atoms. The van der Waals surface area contributed by atoms with Crippen LogP contribution in [0.15, 0.2) is 72.9 Å². The number of halogens is 1. The van der Waals surface area contributed by atoms with E-state index in [0.29, 0.717) is 40.4 Å².